The molecular formula is C27H41BrN4O5S. The minimum Gasteiger partial charge on any atom is -0.396 e. The summed E-state index contributed by atoms with van der Waals surface area (Å²) >= 11 is 5.48. The van der Waals surface area contributed by atoms with E-state index in [-0.39, 0.29) is 34.4 Å². The van der Waals surface area contributed by atoms with E-state index in [1.54, 1.807) is 40.8 Å². The molecule has 9 nitrogen and oxygen atoms in total. The summed E-state index contributed by atoms with van der Waals surface area (Å²) in [7, 11) is 1.75. The lowest BCUT2D eigenvalue weighted by molar-refractivity contribution is -0.144. The Morgan fingerprint density at radius 3 is 2.55 bits per heavy atom. The molecule has 4 heterocycles. The van der Waals surface area contributed by atoms with E-state index in [1.807, 2.05) is 4.90 Å². The lowest BCUT2D eigenvalue weighted by Gasteiger charge is -2.39. The molecule has 0 saturated carbocycles. The fourth-order valence-corrected chi connectivity index (χ4v) is 10.2. The van der Waals surface area contributed by atoms with Crippen molar-refractivity contribution in [3.05, 3.63) is 25.3 Å². The maximum Gasteiger partial charge on any atom is 0.247 e. The second-order valence-corrected chi connectivity index (χ2v) is 13.4. The molecule has 0 aromatic heterocycles. The van der Waals surface area contributed by atoms with Gasteiger partial charge in [-0.2, -0.15) is 0 Å². The molecule has 4 saturated heterocycles. The van der Waals surface area contributed by atoms with E-state index in [1.165, 1.54) is 0 Å². The summed E-state index contributed by atoms with van der Waals surface area (Å²) in [5.41, 5.74) is 0. The number of amides is 3. The fourth-order valence-electron chi connectivity index (χ4n) is 6.57. The molecule has 0 aromatic rings. The number of nitrogens with zero attached hydrogens (tertiary/aromatic N) is 4. The number of hydrogen-bond acceptors (Lipinski definition) is 7. The first-order chi connectivity index (χ1) is 18.3. The number of carbonyl (C=O) groups excluding carboxylic acids is 3. The van der Waals surface area contributed by atoms with Gasteiger partial charge in [-0.15, -0.1) is 24.9 Å². The monoisotopic (exact) mass is 612 g/mol. The zero-order chi connectivity index (χ0) is 27.4. The Morgan fingerprint density at radius 2 is 1.89 bits per heavy atom. The Balaban J connectivity index is 1.65. The van der Waals surface area contributed by atoms with Crippen LogP contribution >= 0.6 is 27.7 Å². The Kier molecular flexibility index (Phi) is 10.00. The minimum absolute atomic E-state index is 0.0328. The largest absolute Gasteiger partial charge is 0.396 e. The quantitative estimate of drug-likeness (QED) is 0.190. The van der Waals surface area contributed by atoms with Crippen LogP contribution in [0.1, 0.15) is 19.3 Å². The third-order valence-corrected chi connectivity index (χ3v) is 11.6. The number of likely N-dealkylation sites (N-methyl/N-ethyl adjacent to an activating group) is 1. The van der Waals surface area contributed by atoms with Crippen LogP contribution in [0.15, 0.2) is 25.3 Å². The van der Waals surface area contributed by atoms with E-state index in [9.17, 15) is 19.5 Å². The van der Waals surface area contributed by atoms with E-state index in [0.29, 0.717) is 58.7 Å². The van der Waals surface area contributed by atoms with Crippen LogP contribution in [0, 0.1) is 11.8 Å². The normalized spacial score (nSPS) is 32.3. The van der Waals surface area contributed by atoms with Crippen LogP contribution in [0.4, 0.5) is 0 Å². The van der Waals surface area contributed by atoms with Crippen molar-refractivity contribution < 1.29 is 24.2 Å². The molecule has 3 amide bonds. The highest BCUT2D eigenvalue weighted by Crippen LogP contribution is 2.68. The van der Waals surface area contributed by atoms with Gasteiger partial charge in [-0.3, -0.25) is 19.3 Å². The number of aliphatic hydroxyl groups is 1. The smallest absolute Gasteiger partial charge is 0.247 e. The number of thioether (sulfide) groups is 1. The van der Waals surface area contributed by atoms with Gasteiger partial charge in [-0.1, -0.05) is 28.1 Å². The average Bonchev–Trinajstić information content (AvgIpc) is 3.50. The van der Waals surface area contributed by atoms with E-state index in [4.69, 9.17) is 4.74 Å². The third kappa shape index (κ3) is 5.46. The molecule has 0 radical (unpaired) electrons. The summed E-state index contributed by atoms with van der Waals surface area (Å²) in [6.07, 6.45) is 5.24. The lowest BCUT2D eigenvalue weighted by Crippen LogP contribution is -2.56. The summed E-state index contributed by atoms with van der Waals surface area (Å²) < 4.78 is 4.80. The molecular weight excluding hydrogens is 572 g/mol. The molecule has 4 rings (SSSR count). The number of carbonyl (C=O) groups is 3. The van der Waals surface area contributed by atoms with Gasteiger partial charge >= 0.3 is 0 Å². The first-order valence-corrected chi connectivity index (χ1v) is 15.4. The van der Waals surface area contributed by atoms with Crippen LogP contribution in [-0.4, -0.2) is 136 Å². The van der Waals surface area contributed by atoms with Crippen molar-refractivity contribution in [2.24, 2.45) is 11.8 Å². The maximum absolute atomic E-state index is 14.4. The van der Waals surface area contributed by atoms with Crippen LogP contribution in [0.2, 0.25) is 0 Å². The predicted molar refractivity (Wildman–Crippen MR) is 152 cm³/mol. The van der Waals surface area contributed by atoms with E-state index < -0.39 is 22.6 Å². The van der Waals surface area contributed by atoms with Crippen molar-refractivity contribution in [3.63, 3.8) is 0 Å². The van der Waals surface area contributed by atoms with Crippen molar-refractivity contribution in [2.75, 3.05) is 72.7 Å². The van der Waals surface area contributed by atoms with Gasteiger partial charge < -0.3 is 24.5 Å². The molecule has 212 valence electrons. The lowest BCUT2D eigenvalue weighted by atomic mass is 9.70. The maximum atomic E-state index is 14.4. The molecule has 4 aliphatic rings. The average molecular weight is 614 g/mol. The summed E-state index contributed by atoms with van der Waals surface area (Å²) in [6, 6.07) is -0.652. The summed E-state index contributed by atoms with van der Waals surface area (Å²) in [5, 5.41) is 9.32. The molecule has 0 aliphatic carbocycles. The Morgan fingerprint density at radius 1 is 1.18 bits per heavy atom. The molecule has 1 spiro atoms. The van der Waals surface area contributed by atoms with Gasteiger partial charge in [0.1, 0.15) is 6.04 Å². The highest BCUT2D eigenvalue weighted by molar-refractivity contribution is 9.09. The van der Waals surface area contributed by atoms with Crippen LogP contribution in [0.25, 0.3) is 0 Å². The molecule has 4 aliphatic heterocycles. The van der Waals surface area contributed by atoms with Crippen LogP contribution in [0.5, 0.6) is 0 Å². The Bertz CT molecular complexity index is 918. The topological polar surface area (TPSA) is 93.6 Å². The SMILES string of the molecule is C=CCN(C)C(=O)[C@H]1[C@H]2C(=O)N(CCCCO)C(C(=O)N(CC=C)CCN3CCOCC3)C23CC(Br)[C@@H]1S3. The number of likely N-dealkylation sites (tertiary alicyclic amines) is 1. The zero-order valence-electron chi connectivity index (χ0n) is 22.3. The highest BCUT2D eigenvalue weighted by atomic mass is 79.9. The summed E-state index contributed by atoms with van der Waals surface area (Å²) in [4.78, 5) is 49.6. The van der Waals surface area contributed by atoms with Gasteiger partial charge in [-0.05, 0) is 19.3 Å². The van der Waals surface area contributed by atoms with Crippen LogP contribution < -0.4 is 0 Å². The van der Waals surface area contributed by atoms with Gasteiger partial charge in [-0.25, -0.2) is 0 Å². The number of hydrogen-bond donors (Lipinski definition) is 1. The number of aliphatic hydroxyl groups excluding tert-OH is 1. The number of rotatable bonds is 13. The molecule has 1 N–H and O–H groups in total. The van der Waals surface area contributed by atoms with Gasteiger partial charge in [0.2, 0.25) is 17.7 Å². The van der Waals surface area contributed by atoms with Crippen molar-refractivity contribution in [2.45, 2.75) is 40.1 Å². The number of fused-ring (bicyclic) bond motifs is 1. The van der Waals surface area contributed by atoms with E-state index in [2.05, 4.69) is 34.0 Å². The Labute approximate surface area is 238 Å². The number of unbranched alkanes of at least 4 members (excludes halogenated alkanes) is 1. The number of morpholine rings is 1. The number of ether oxygens (including phenoxy) is 1. The summed E-state index contributed by atoms with van der Waals surface area (Å²) in [5.74, 6) is -1.27. The van der Waals surface area contributed by atoms with Gasteiger partial charge in [0.25, 0.3) is 0 Å². The van der Waals surface area contributed by atoms with Crippen molar-refractivity contribution in [3.8, 4) is 0 Å². The number of alkyl halides is 1. The van der Waals surface area contributed by atoms with E-state index in [0.717, 1.165) is 19.6 Å². The first-order valence-electron chi connectivity index (χ1n) is 13.6. The third-order valence-electron chi connectivity index (χ3n) is 8.35. The second kappa shape index (κ2) is 12.8. The molecule has 2 bridgehead atoms. The molecule has 6 atom stereocenters. The zero-order valence-corrected chi connectivity index (χ0v) is 24.7. The highest BCUT2D eigenvalue weighted by Gasteiger charge is 2.75. The van der Waals surface area contributed by atoms with E-state index >= 15 is 0 Å². The minimum atomic E-state index is -0.667. The molecule has 11 heteroatoms. The van der Waals surface area contributed by atoms with Crippen molar-refractivity contribution in [1.29, 1.82) is 0 Å². The van der Waals surface area contributed by atoms with Crippen LogP contribution in [-0.2, 0) is 19.1 Å². The van der Waals surface area contributed by atoms with Crippen molar-refractivity contribution in [1.82, 2.24) is 19.6 Å². The first kappa shape index (κ1) is 29.6. The van der Waals surface area contributed by atoms with Gasteiger partial charge in [0.05, 0.1) is 29.8 Å². The summed E-state index contributed by atoms with van der Waals surface area (Å²) in [6.45, 7) is 13.2. The van der Waals surface area contributed by atoms with Crippen LogP contribution in [0.3, 0.4) is 0 Å². The predicted octanol–water partition coefficient (Wildman–Crippen LogP) is 1.21. The van der Waals surface area contributed by atoms with Crippen molar-refractivity contribution >= 4 is 45.4 Å². The standard InChI is InChI=1S/C27H41BrN4O5S/c1-4-8-29(3)24(34)20-21-25(35)32(10-6-7-15-33)23(27(21)18-19(28)22(20)38-27)26(36)31(9-5-2)12-11-30-13-16-37-17-14-30/h4-5,19-23,33H,1-2,6-18H2,3H3/t19?,20-,21-,22-,23?,27?/m0/s1. The molecule has 38 heavy (non-hydrogen) atoms. The van der Waals surface area contributed by atoms with Gasteiger partial charge in [0.15, 0.2) is 0 Å². The molecule has 0 aromatic carbocycles. The molecule has 4 fully saturated rings. The van der Waals surface area contributed by atoms with Gasteiger partial charge in [0, 0.05) is 69.5 Å². The molecule has 3 unspecified atom stereocenters. The fraction of sp³-hybridized carbons (Fsp3) is 0.741. The Hall–Kier alpha value is -1.40. The number of halogens is 1. The second-order valence-electron chi connectivity index (χ2n) is 10.7.